The van der Waals surface area contributed by atoms with E-state index >= 15 is 0 Å². The molecule has 0 spiro atoms. The first-order chi connectivity index (χ1) is 25.5. The number of unbranched alkanes of at least 4 members (excludes halogenated alkanes) is 5. The van der Waals surface area contributed by atoms with Crippen LogP contribution < -0.4 is 10.6 Å². The average molecular weight is 746 g/mol. The first-order valence-electron chi connectivity index (χ1n) is 18.9. The lowest BCUT2D eigenvalue weighted by Gasteiger charge is -2.35. The standard InChI is InChI=1S/C43H59N3O8/c1-8-9-10-11-12-18-27-46(39(50)34(45-41(52)54-43(5,6)7)28-31-23-25-32(47)26-24-31)37(33-21-16-17-22-36(33)48)38(49)44-35(40(51)53-42(2,3)4)29-30-19-14-13-15-20-30/h13-17,19-26,34-35,37,47-48H,8-12,18,27-29H2,1-7H3,(H,44,49)(H,45,52). The van der Waals surface area contributed by atoms with Gasteiger partial charge in [-0.1, -0.05) is 99.7 Å². The van der Waals surface area contributed by atoms with Crippen molar-refractivity contribution in [2.24, 2.45) is 0 Å². The number of rotatable bonds is 18. The fourth-order valence-corrected chi connectivity index (χ4v) is 5.98. The third-order valence-corrected chi connectivity index (χ3v) is 8.48. The number of ether oxygens (including phenoxy) is 2. The Bertz CT molecular complexity index is 1650. The van der Waals surface area contributed by atoms with E-state index in [-0.39, 0.29) is 36.4 Å². The molecule has 0 aromatic heterocycles. The number of nitrogens with one attached hydrogen (secondary N) is 2. The van der Waals surface area contributed by atoms with Crippen LogP contribution in [0.1, 0.15) is 110 Å². The second kappa shape index (κ2) is 20.4. The highest BCUT2D eigenvalue weighted by molar-refractivity contribution is 5.94. The summed E-state index contributed by atoms with van der Waals surface area (Å²) in [6, 6.07) is 18.0. The van der Waals surface area contributed by atoms with Crippen LogP contribution in [0.3, 0.4) is 0 Å². The number of carbonyl (C=O) groups excluding carboxylic acids is 4. The van der Waals surface area contributed by atoms with E-state index in [0.717, 1.165) is 37.7 Å². The Hall–Kier alpha value is -5.06. The minimum atomic E-state index is -1.40. The van der Waals surface area contributed by atoms with Crippen LogP contribution in [0.25, 0.3) is 0 Å². The van der Waals surface area contributed by atoms with Crippen molar-refractivity contribution in [1.82, 2.24) is 15.5 Å². The van der Waals surface area contributed by atoms with Gasteiger partial charge in [0, 0.05) is 24.9 Å². The van der Waals surface area contributed by atoms with Crippen molar-refractivity contribution in [3.63, 3.8) is 0 Å². The van der Waals surface area contributed by atoms with E-state index in [1.807, 2.05) is 30.3 Å². The lowest BCUT2D eigenvalue weighted by molar-refractivity contribution is -0.159. The van der Waals surface area contributed by atoms with E-state index in [9.17, 15) is 29.4 Å². The zero-order chi connectivity index (χ0) is 39.9. The van der Waals surface area contributed by atoms with E-state index < -0.39 is 53.2 Å². The van der Waals surface area contributed by atoms with Crippen LogP contribution in [0.5, 0.6) is 11.5 Å². The monoisotopic (exact) mass is 745 g/mol. The number of esters is 1. The highest BCUT2D eigenvalue weighted by Crippen LogP contribution is 2.31. The van der Waals surface area contributed by atoms with Crippen LogP contribution in [0.15, 0.2) is 78.9 Å². The van der Waals surface area contributed by atoms with Gasteiger partial charge in [-0.25, -0.2) is 9.59 Å². The van der Waals surface area contributed by atoms with Gasteiger partial charge in [0.25, 0.3) is 0 Å². The van der Waals surface area contributed by atoms with E-state index in [1.165, 1.54) is 23.1 Å². The Morgan fingerprint density at radius 2 is 1.22 bits per heavy atom. The Morgan fingerprint density at radius 3 is 1.83 bits per heavy atom. The maximum atomic E-state index is 15.0. The lowest BCUT2D eigenvalue weighted by Crippen LogP contribution is -2.55. The third kappa shape index (κ3) is 14.8. The molecule has 0 fully saturated rings. The molecular weight excluding hydrogens is 686 g/mol. The minimum Gasteiger partial charge on any atom is -0.508 e. The summed E-state index contributed by atoms with van der Waals surface area (Å²) in [5, 5.41) is 26.7. The van der Waals surface area contributed by atoms with Gasteiger partial charge in [0.2, 0.25) is 11.8 Å². The van der Waals surface area contributed by atoms with E-state index in [4.69, 9.17) is 9.47 Å². The molecule has 3 atom stereocenters. The summed E-state index contributed by atoms with van der Waals surface area (Å²) in [5.74, 6) is -2.13. The van der Waals surface area contributed by atoms with Gasteiger partial charge in [-0.15, -0.1) is 0 Å². The maximum absolute atomic E-state index is 15.0. The van der Waals surface area contributed by atoms with Crippen LogP contribution in [0, 0.1) is 0 Å². The van der Waals surface area contributed by atoms with Gasteiger partial charge in [0.05, 0.1) is 0 Å². The molecule has 0 aliphatic rings. The van der Waals surface area contributed by atoms with Gasteiger partial charge in [-0.2, -0.15) is 0 Å². The molecule has 0 aliphatic heterocycles. The molecule has 0 radical (unpaired) electrons. The van der Waals surface area contributed by atoms with Gasteiger partial charge in [-0.3, -0.25) is 9.59 Å². The van der Waals surface area contributed by atoms with E-state index in [2.05, 4.69) is 17.6 Å². The number of amides is 3. The molecular formula is C43H59N3O8. The molecule has 3 aromatic carbocycles. The number of phenols is 2. The zero-order valence-corrected chi connectivity index (χ0v) is 32.9. The molecule has 0 bridgehead atoms. The second-order valence-corrected chi connectivity index (χ2v) is 15.6. The summed E-state index contributed by atoms with van der Waals surface area (Å²) in [7, 11) is 0. The molecule has 0 saturated carbocycles. The second-order valence-electron chi connectivity index (χ2n) is 15.6. The molecule has 54 heavy (non-hydrogen) atoms. The van der Waals surface area contributed by atoms with Gasteiger partial charge in [0.1, 0.15) is 40.8 Å². The quantitative estimate of drug-likeness (QED) is 0.0770. The van der Waals surface area contributed by atoms with Crippen LogP contribution in [0.4, 0.5) is 4.79 Å². The van der Waals surface area contributed by atoms with Crippen LogP contribution in [-0.4, -0.2) is 68.8 Å². The van der Waals surface area contributed by atoms with Crippen molar-refractivity contribution in [1.29, 1.82) is 0 Å². The number of para-hydroxylation sites is 1. The Kier molecular flexibility index (Phi) is 16.4. The molecule has 3 unspecified atom stereocenters. The van der Waals surface area contributed by atoms with Crippen molar-refractivity contribution in [3.05, 3.63) is 95.6 Å². The maximum Gasteiger partial charge on any atom is 0.408 e. The van der Waals surface area contributed by atoms with Gasteiger partial charge >= 0.3 is 12.1 Å². The number of alkyl carbamates (subject to hydrolysis) is 1. The molecule has 294 valence electrons. The molecule has 0 heterocycles. The Balaban J connectivity index is 2.13. The normalized spacial score (nSPS) is 13.2. The van der Waals surface area contributed by atoms with E-state index in [0.29, 0.717) is 12.0 Å². The predicted octanol–water partition coefficient (Wildman–Crippen LogP) is 7.53. The number of hydrogen-bond donors (Lipinski definition) is 4. The Morgan fingerprint density at radius 1 is 0.667 bits per heavy atom. The van der Waals surface area contributed by atoms with Gasteiger partial charge in [0.15, 0.2) is 0 Å². The summed E-state index contributed by atoms with van der Waals surface area (Å²) >= 11 is 0. The van der Waals surface area contributed by atoms with Crippen LogP contribution >= 0.6 is 0 Å². The summed E-state index contributed by atoms with van der Waals surface area (Å²) in [6.07, 6.45) is 4.70. The molecule has 4 N–H and O–H groups in total. The average Bonchev–Trinajstić information content (AvgIpc) is 3.09. The van der Waals surface area contributed by atoms with Crippen LogP contribution in [0.2, 0.25) is 0 Å². The number of benzene rings is 3. The van der Waals surface area contributed by atoms with E-state index in [1.54, 1.807) is 71.9 Å². The fourth-order valence-electron chi connectivity index (χ4n) is 5.98. The zero-order valence-electron chi connectivity index (χ0n) is 32.9. The number of nitrogens with zero attached hydrogens (tertiary/aromatic N) is 1. The van der Waals surface area contributed by atoms with Crippen molar-refractivity contribution in [2.75, 3.05) is 6.54 Å². The molecule has 11 heteroatoms. The summed E-state index contributed by atoms with van der Waals surface area (Å²) in [4.78, 5) is 58.0. The summed E-state index contributed by atoms with van der Waals surface area (Å²) in [6.45, 7) is 12.6. The minimum absolute atomic E-state index is 0.00894. The smallest absolute Gasteiger partial charge is 0.408 e. The van der Waals surface area contributed by atoms with Crippen molar-refractivity contribution < 1.29 is 38.9 Å². The molecule has 11 nitrogen and oxygen atoms in total. The molecule has 3 aromatic rings. The number of phenolic OH excluding ortho intramolecular Hbond substituents is 2. The van der Waals surface area contributed by atoms with Crippen molar-refractivity contribution >= 4 is 23.9 Å². The molecule has 0 saturated heterocycles. The molecule has 0 aliphatic carbocycles. The molecule has 3 rings (SSSR count). The summed E-state index contributed by atoms with van der Waals surface area (Å²) < 4.78 is 11.3. The highest BCUT2D eigenvalue weighted by Gasteiger charge is 2.39. The summed E-state index contributed by atoms with van der Waals surface area (Å²) in [5.41, 5.74) is -0.135. The Labute approximate surface area is 320 Å². The topological polar surface area (TPSA) is 154 Å². The lowest BCUT2D eigenvalue weighted by atomic mass is 9.98. The SMILES string of the molecule is CCCCCCCCN(C(=O)C(Cc1ccc(O)cc1)NC(=O)OC(C)(C)C)C(C(=O)NC(Cc1ccccc1)C(=O)OC(C)(C)C)c1ccccc1O. The molecule has 3 amide bonds. The largest absolute Gasteiger partial charge is 0.508 e. The highest BCUT2D eigenvalue weighted by atomic mass is 16.6. The van der Waals surface area contributed by atoms with Gasteiger partial charge < -0.3 is 35.2 Å². The fraction of sp³-hybridized carbons (Fsp3) is 0.488. The van der Waals surface area contributed by atoms with Crippen LogP contribution in [-0.2, 0) is 36.7 Å². The van der Waals surface area contributed by atoms with Gasteiger partial charge in [-0.05, 0) is 77.3 Å². The van der Waals surface area contributed by atoms with Crippen molar-refractivity contribution in [2.45, 2.75) is 129 Å². The number of aromatic hydroxyl groups is 2. The predicted molar refractivity (Wildman–Crippen MR) is 209 cm³/mol. The third-order valence-electron chi connectivity index (χ3n) is 8.48. The number of hydrogen-bond acceptors (Lipinski definition) is 8. The van der Waals surface area contributed by atoms with Crippen molar-refractivity contribution in [3.8, 4) is 11.5 Å². The number of carbonyl (C=O) groups is 4. The first kappa shape index (κ1) is 43.3. The first-order valence-corrected chi connectivity index (χ1v) is 18.9.